The number of piperidine rings is 1. The van der Waals surface area contributed by atoms with Crippen LogP contribution in [0, 0.1) is 17.3 Å². The number of rotatable bonds is 2. The number of likely N-dealkylation sites (tertiary alicyclic amines) is 1. The van der Waals surface area contributed by atoms with Crippen LogP contribution in [0.25, 0.3) is 0 Å². The van der Waals surface area contributed by atoms with Crippen molar-refractivity contribution in [1.82, 2.24) is 10.2 Å². The summed E-state index contributed by atoms with van der Waals surface area (Å²) in [6, 6.07) is 0. The smallest absolute Gasteiger partial charge is 0.225 e. The molecular weight excluding hydrogens is 228 g/mol. The summed E-state index contributed by atoms with van der Waals surface area (Å²) in [5, 5.41) is 13.0. The van der Waals surface area contributed by atoms with Crippen molar-refractivity contribution in [2.45, 2.75) is 32.1 Å². The third kappa shape index (κ3) is 1.95. The number of hydrogen-bond acceptors (Lipinski definition) is 3. The summed E-state index contributed by atoms with van der Waals surface area (Å²) in [7, 11) is 0. The Balaban J connectivity index is 1.70. The van der Waals surface area contributed by atoms with Crippen LogP contribution in [0.15, 0.2) is 0 Å². The zero-order chi connectivity index (χ0) is 12.6. The monoisotopic (exact) mass is 252 g/mol. The highest BCUT2D eigenvalue weighted by Crippen LogP contribution is 2.44. The minimum Gasteiger partial charge on any atom is -0.396 e. The van der Waals surface area contributed by atoms with Gasteiger partial charge in [-0.1, -0.05) is 6.42 Å². The lowest BCUT2D eigenvalue weighted by Gasteiger charge is -2.38. The molecule has 1 amide bonds. The van der Waals surface area contributed by atoms with Crippen LogP contribution in [0.2, 0.25) is 0 Å². The molecule has 2 saturated heterocycles. The van der Waals surface area contributed by atoms with E-state index >= 15 is 0 Å². The van der Waals surface area contributed by atoms with Gasteiger partial charge in [0.15, 0.2) is 0 Å². The summed E-state index contributed by atoms with van der Waals surface area (Å²) in [6.45, 7) is 3.96. The van der Waals surface area contributed by atoms with Crippen molar-refractivity contribution in [2.24, 2.45) is 17.3 Å². The maximum Gasteiger partial charge on any atom is 0.225 e. The Hall–Kier alpha value is -0.610. The molecule has 1 saturated carbocycles. The zero-order valence-corrected chi connectivity index (χ0v) is 11.0. The maximum absolute atomic E-state index is 12.3. The van der Waals surface area contributed by atoms with Crippen molar-refractivity contribution in [3.63, 3.8) is 0 Å². The molecule has 3 aliphatic rings. The highest BCUT2D eigenvalue weighted by atomic mass is 16.3. The molecule has 0 aromatic carbocycles. The number of hydrogen-bond donors (Lipinski definition) is 2. The summed E-state index contributed by atoms with van der Waals surface area (Å²) in [5.41, 5.74) is 0.194. The van der Waals surface area contributed by atoms with Crippen molar-refractivity contribution in [1.29, 1.82) is 0 Å². The molecule has 18 heavy (non-hydrogen) atoms. The van der Waals surface area contributed by atoms with Crippen LogP contribution in [-0.2, 0) is 4.79 Å². The van der Waals surface area contributed by atoms with Crippen LogP contribution in [0.3, 0.4) is 0 Å². The summed E-state index contributed by atoms with van der Waals surface area (Å²) in [6.07, 6.45) is 5.57. The van der Waals surface area contributed by atoms with Gasteiger partial charge in [-0.15, -0.1) is 0 Å². The normalized spacial score (nSPS) is 31.6. The van der Waals surface area contributed by atoms with E-state index < -0.39 is 0 Å². The summed E-state index contributed by atoms with van der Waals surface area (Å²) >= 11 is 0. The van der Waals surface area contributed by atoms with Gasteiger partial charge >= 0.3 is 0 Å². The maximum atomic E-state index is 12.3. The van der Waals surface area contributed by atoms with Crippen molar-refractivity contribution in [2.75, 3.05) is 32.8 Å². The molecule has 0 radical (unpaired) electrons. The molecule has 3 fully saturated rings. The second kappa shape index (κ2) is 4.82. The second-order valence-electron chi connectivity index (χ2n) is 6.34. The number of carbonyl (C=O) groups excluding carboxylic acids is 1. The van der Waals surface area contributed by atoms with Crippen LogP contribution in [0.1, 0.15) is 32.1 Å². The van der Waals surface area contributed by atoms with Crippen LogP contribution in [0.5, 0.6) is 0 Å². The Morgan fingerprint density at radius 3 is 2.61 bits per heavy atom. The highest BCUT2D eigenvalue weighted by molar-refractivity contribution is 5.80. The third-order valence-electron chi connectivity index (χ3n) is 5.40. The largest absolute Gasteiger partial charge is 0.396 e. The quantitative estimate of drug-likeness (QED) is 0.757. The van der Waals surface area contributed by atoms with Crippen molar-refractivity contribution >= 4 is 5.91 Å². The predicted molar refractivity (Wildman–Crippen MR) is 69.0 cm³/mol. The average Bonchev–Trinajstić information content (AvgIpc) is 2.66. The van der Waals surface area contributed by atoms with E-state index in [1.807, 2.05) is 0 Å². The number of carbonyl (C=O) groups is 1. The molecule has 1 spiro atoms. The predicted octanol–water partition coefficient (Wildman–Crippen LogP) is 0.607. The number of nitrogens with one attached hydrogen (secondary N) is 1. The van der Waals surface area contributed by atoms with Crippen LogP contribution >= 0.6 is 0 Å². The van der Waals surface area contributed by atoms with E-state index in [0.29, 0.717) is 17.7 Å². The fraction of sp³-hybridized carbons (Fsp3) is 0.929. The SMILES string of the molecule is O=C(C1CCC1)N1CC(CO)C2(CCNCC2)C1. The van der Waals surface area contributed by atoms with Gasteiger partial charge in [0.1, 0.15) is 0 Å². The first-order valence-corrected chi connectivity index (χ1v) is 7.35. The van der Waals surface area contributed by atoms with Gasteiger partial charge in [-0.3, -0.25) is 4.79 Å². The van der Waals surface area contributed by atoms with E-state index in [1.165, 1.54) is 6.42 Å². The van der Waals surface area contributed by atoms with Gasteiger partial charge in [0.2, 0.25) is 5.91 Å². The molecule has 2 N–H and O–H groups in total. The van der Waals surface area contributed by atoms with Crippen molar-refractivity contribution in [3.8, 4) is 0 Å². The fourth-order valence-corrected chi connectivity index (χ4v) is 3.86. The van der Waals surface area contributed by atoms with E-state index in [1.54, 1.807) is 0 Å². The van der Waals surface area contributed by atoms with Gasteiger partial charge in [0, 0.05) is 31.5 Å². The first-order valence-electron chi connectivity index (χ1n) is 7.35. The van der Waals surface area contributed by atoms with Gasteiger partial charge in [-0.2, -0.15) is 0 Å². The number of amides is 1. The number of aliphatic hydroxyl groups is 1. The summed E-state index contributed by atoms with van der Waals surface area (Å²) in [5.74, 6) is 0.944. The Labute approximate surface area is 109 Å². The molecule has 2 heterocycles. The lowest BCUT2D eigenvalue weighted by Crippen LogP contribution is -2.44. The standard InChI is InChI=1S/C14H24N2O2/c17-9-12-8-16(13(18)11-2-1-3-11)10-14(12)4-6-15-7-5-14/h11-12,15,17H,1-10H2. The molecule has 1 aliphatic carbocycles. The lowest BCUT2D eigenvalue weighted by atomic mass is 9.71. The lowest BCUT2D eigenvalue weighted by molar-refractivity contribution is -0.137. The van der Waals surface area contributed by atoms with E-state index in [4.69, 9.17) is 0 Å². The first kappa shape index (κ1) is 12.4. The van der Waals surface area contributed by atoms with E-state index in [2.05, 4.69) is 10.2 Å². The molecule has 102 valence electrons. The number of aliphatic hydroxyl groups excluding tert-OH is 1. The molecule has 4 nitrogen and oxygen atoms in total. The minimum absolute atomic E-state index is 0.194. The topological polar surface area (TPSA) is 52.6 Å². The number of nitrogens with zero attached hydrogens (tertiary/aromatic N) is 1. The van der Waals surface area contributed by atoms with Crippen LogP contribution < -0.4 is 5.32 Å². The Morgan fingerprint density at radius 2 is 2.06 bits per heavy atom. The molecule has 3 rings (SSSR count). The Bertz CT molecular complexity index is 322. The molecule has 1 unspecified atom stereocenters. The van der Waals surface area contributed by atoms with E-state index in [-0.39, 0.29) is 12.0 Å². The first-order chi connectivity index (χ1) is 8.75. The van der Waals surface area contributed by atoms with Crippen LogP contribution in [-0.4, -0.2) is 48.7 Å². The Morgan fingerprint density at radius 1 is 1.33 bits per heavy atom. The zero-order valence-electron chi connectivity index (χ0n) is 11.0. The molecule has 0 aromatic rings. The average molecular weight is 252 g/mol. The van der Waals surface area contributed by atoms with Crippen molar-refractivity contribution < 1.29 is 9.90 Å². The highest BCUT2D eigenvalue weighted by Gasteiger charge is 2.48. The van der Waals surface area contributed by atoms with Gasteiger partial charge < -0.3 is 15.3 Å². The van der Waals surface area contributed by atoms with Gasteiger partial charge in [-0.25, -0.2) is 0 Å². The van der Waals surface area contributed by atoms with Gasteiger partial charge in [-0.05, 0) is 44.2 Å². The molecule has 2 aliphatic heterocycles. The summed E-state index contributed by atoms with van der Waals surface area (Å²) < 4.78 is 0. The van der Waals surface area contributed by atoms with E-state index in [9.17, 15) is 9.90 Å². The minimum atomic E-state index is 0.194. The second-order valence-corrected chi connectivity index (χ2v) is 6.34. The molecule has 4 heteroatoms. The molecule has 0 bridgehead atoms. The van der Waals surface area contributed by atoms with Gasteiger partial charge in [0.25, 0.3) is 0 Å². The van der Waals surface area contributed by atoms with Gasteiger partial charge in [0.05, 0.1) is 0 Å². The fourth-order valence-electron chi connectivity index (χ4n) is 3.86. The summed E-state index contributed by atoms with van der Waals surface area (Å²) in [4.78, 5) is 14.4. The molecule has 1 atom stereocenters. The molecular formula is C14H24N2O2. The van der Waals surface area contributed by atoms with Crippen LogP contribution in [0.4, 0.5) is 0 Å². The van der Waals surface area contributed by atoms with Crippen molar-refractivity contribution in [3.05, 3.63) is 0 Å². The third-order valence-corrected chi connectivity index (χ3v) is 5.40. The Kier molecular flexibility index (Phi) is 3.32. The van der Waals surface area contributed by atoms with E-state index in [0.717, 1.165) is 51.9 Å². The molecule has 0 aromatic heterocycles.